The van der Waals surface area contributed by atoms with Gasteiger partial charge in [-0.2, -0.15) is 0 Å². The average molecular weight is 772 g/mol. The van der Waals surface area contributed by atoms with E-state index in [1.165, 1.54) is 7.11 Å². The average Bonchev–Trinajstić information content (AvgIpc) is 3.69. The summed E-state index contributed by atoms with van der Waals surface area (Å²) in [6.07, 6.45) is 5.55. The zero-order chi connectivity index (χ0) is 36.8. The molecule has 3 fully saturated rings. The number of hydrogen-bond donors (Lipinski definition) is 0. The zero-order valence-corrected chi connectivity index (χ0v) is 34.0. The number of guanidine groups is 3. The summed E-state index contributed by atoms with van der Waals surface area (Å²) >= 11 is 0. The Morgan fingerprint density at radius 1 is 0.460 bits per heavy atom. The van der Waals surface area contributed by atoms with Gasteiger partial charge in [-0.1, -0.05) is 32.6 Å². The molecule has 0 N–H and O–H groups in total. The minimum atomic E-state index is -4.01. The molecule has 0 aromatic rings. The number of nitrogens with zero attached hydrogens (tertiary/aromatic N) is 9. The molecule has 18 nitrogen and oxygen atoms in total. The Morgan fingerprint density at radius 2 is 0.740 bits per heavy atom. The highest BCUT2D eigenvalue weighted by molar-refractivity contribution is 7.53. The van der Waals surface area contributed by atoms with Crippen LogP contribution >= 0.6 is 23.2 Å². The van der Waals surface area contributed by atoms with Crippen molar-refractivity contribution >= 4 is 41.1 Å². The molecule has 3 saturated heterocycles. The molecular weight excluding hydrogens is 711 g/mol. The van der Waals surface area contributed by atoms with Crippen LogP contribution in [0, 0.1) is 0 Å². The van der Waals surface area contributed by atoms with E-state index in [2.05, 4.69) is 21.2 Å². The minimum Gasteiger partial charge on any atom is -0.344 e. The molecule has 3 aliphatic rings. The summed E-state index contributed by atoms with van der Waals surface area (Å²) in [6.45, 7) is 6.69. The molecule has 0 aliphatic carbocycles. The summed E-state index contributed by atoms with van der Waals surface area (Å²) in [4.78, 5) is 11.3. The number of rotatable bonds is 23. The lowest BCUT2D eigenvalue weighted by molar-refractivity contribution is 0.163. The predicted molar refractivity (Wildman–Crippen MR) is 196 cm³/mol. The van der Waals surface area contributed by atoms with Gasteiger partial charge in [-0.3, -0.25) is 27.1 Å². The minimum absolute atomic E-state index is 0.0132. The van der Waals surface area contributed by atoms with Crippen molar-refractivity contribution in [2.45, 2.75) is 51.9 Å². The molecule has 0 radical (unpaired) electrons. The number of unbranched alkanes of at least 4 members (excludes halogenated alkanes) is 4. The van der Waals surface area contributed by atoms with Crippen LogP contribution in [0.25, 0.3) is 0 Å². The molecule has 0 bridgehead atoms. The Labute approximate surface area is 298 Å². The fraction of sp³-hybridized carbons (Fsp3) is 0.897. The van der Waals surface area contributed by atoms with Crippen LogP contribution in [0.2, 0.25) is 0 Å². The zero-order valence-electron chi connectivity index (χ0n) is 31.3. The number of hydrogen-bond acceptors (Lipinski definition) is 9. The molecule has 3 unspecified atom stereocenters. The summed E-state index contributed by atoms with van der Waals surface area (Å²) in [6, 6.07) is 0. The summed E-state index contributed by atoms with van der Waals surface area (Å²) in [5, 5.41) is 0. The standard InChI is InChI=1S/C29H60N9O9P3/c1-9-10-11-12-13-22-44-49(40,31-28-35(4)18-19-36(28)5)45-25-15-26-47-50(41,32-29-37(6)20-21-38(29)7)46-24-14-23-43-48(39,42-8)30-27-33(2)16-17-34(27)3/h9-26H2,1-8H3. The van der Waals surface area contributed by atoms with Crippen LogP contribution in [0.3, 0.4) is 0 Å². The van der Waals surface area contributed by atoms with Gasteiger partial charge >= 0.3 is 23.2 Å². The van der Waals surface area contributed by atoms with Crippen LogP contribution in [0.4, 0.5) is 0 Å². The lowest BCUT2D eigenvalue weighted by Gasteiger charge is -2.21. The van der Waals surface area contributed by atoms with Crippen molar-refractivity contribution in [3.8, 4) is 0 Å². The quantitative estimate of drug-likeness (QED) is 0.105. The Kier molecular flexibility index (Phi) is 17.5. The first kappa shape index (κ1) is 42.7. The van der Waals surface area contributed by atoms with E-state index in [0.29, 0.717) is 31.0 Å². The summed E-state index contributed by atoms with van der Waals surface area (Å²) in [5.41, 5.74) is 0. The Bertz CT molecular complexity index is 1270. The van der Waals surface area contributed by atoms with Crippen LogP contribution in [0.15, 0.2) is 14.3 Å². The van der Waals surface area contributed by atoms with Gasteiger partial charge < -0.3 is 29.4 Å². The predicted octanol–water partition coefficient (Wildman–Crippen LogP) is 4.49. The first-order valence-corrected chi connectivity index (χ1v) is 21.9. The molecule has 3 aliphatic heterocycles. The Hall–Kier alpha value is -1.74. The molecule has 3 heterocycles. The second-order valence-electron chi connectivity index (χ2n) is 12.6. The molecule has 0 aromatic heterocycles. The van der Waals surface area contributed by atoms with Crippen LogP contribution in [-0.2, 0) is 40.8 Å². The highest BCUT2D eigenvalue weighted by Gasteiger charge is 2.33. The summed E-state index contributed by atoms with van der Waals surface area (Å²) in [5.74, 6) is 1.54. The molecule has 0 amide bonds. The van der Waals surface area contributed by atoms with Crippen molar-refractivity contribution in [1.29, 1.82) is 0 Å². The third-order valence-corrected chi connectivity index (χ3v) is 12.6. The fourth-order valence-electron chi connectivity index (χ4n) is 5.20. The van der Waals surface area contributed by atoms with E-state index in [-0.39, 0.29) is 45.9 Å². The van der Waals surface area contributed by atoms with Gasteiger partial charge in [0.2, 0.25) is 17.9 Å². The van der Waals surface area contributed by atoms with Gasteiger partial charge in [0.05, 0.1) is 33.0 Å². The van der Waals surface area contributed by atoms with Gasteiger partial charge in [0.25, 0.3) is 0 Å². The third kappa shape index (κ3) is 13.3. The summed E-state index contributed by atoms with van der Waals surface area (Å²) in [7, 11) is 0.833. The van der Waals surface area contributed by atoms with Gasteiger partial charge in [0, 0.05) is 88.7 Å². The molecule has 0 spiro atoms. The van der Waals surface area contributed by atoms with E-state index in [1.807, 2.05) is 71.7 Å². The largest absolute Gasteiger partial charge is 0.457 e. The van der Waals surface area contributed by atoms with E-state index in [1.54, 1.807) is 0 Å². The second kappa shape index (κ2) is 20.5. The van der Waals surface area contributed by atoms with Gasteiger partial charge in [-0.05, 0) is 19.3 Å². The molecule has 0 aromatic carbocycles. The number of likely N-dealkylation sites (N-methyl/N-ethyl adjacent to an activating group) is 6. The maximum Gasteiger partial charge on any atom is 0.457 e. The van der Waals surface area contributed by atoms with Crippen molar-refractivity contribution in [3.05, 3.63) is 0 Å². The Balaban J connectivity index is 1.58. The van der Waals surface area contributed by atoms with Crippen molar-refractivity contribution in [1.82, 2.24) is 29.4 Å². The highest BCUT2D eigenvalue weighted by atomic mass is 31.2. The van der Waals surface area contributed by atoms with E-state index in [9.17, 15) is 13.7 Å². The molecule has 0 saturated carbocycles. The van der Waals surface area contributed by atoms with Gasteiger partial charge in [0.1, 0.15) is 0 Å². The lowest BCUT2D eigenvalue weighted by atomic mass is 10.2. The van der Waals surface area contributed by atoms with Crippen molar-refractivity contribution in [2.75, 3.05) is 122 Å². The topological polar surface area (TPSA) is 163 Å². The third-order valence-electron chi connectivity index (χ3n) is 8.32. The van der Waals surface area contributed by atoms with Crippen molar-refractivity contribution in [3.63, 3.8) is 0 Å². The molecule has 3 atom stereocenters. The lowest BCUT2D eigenvalue weighted by Crippen LogP contribution is -2.28. The van der Waals surface area contributed by atoms with Crippen molar-refractivity contribution in [2.24, 2.45) is 14.3 Å². The maximum atomic E-state index is 13.9. The van der Waals surface area contributed by atoms with Gasteiger partial charge in [-0.25, -0.2) is 13.7 Å². The van der Waals surface area contributed by atoms with Crippen LogP contribution in [0.5, 0.6) is 0 Å². The summed E-state index contributed by atoms with van der Waals surface area (Å²) < 4.78 is 87.5. The monoisotopic (exact) mass is 771 g/mol. The van der Waals surface area contributed by atoms with Crippen LogP contribution in [0.1, 0.15) is 51.9 Å². The molecule has 50 heavy (non-hydrogen) atoms. The van der Waals surface area contributed by atoms with E-state index in [0.717, 1.165) is 58.3 Å². The fourth-order valence-corrected chi connectivity index (χ4v) is 9.19. The van der Waals surface area contributed by atoms with Crippen LogP contribution in [-0.4, -0.2) is 169 Å². The highest BCUT2D eigenvalue weighted by Crippen LogP contribution is 2.53. The Morgan fingerprint density at radius 3 is 1.06 bits per heavy atom. The van der Waals surface area contributed by atoms with E-state index in [4.69, 9.17) is 27.1 Å². The normalized spacial score (nSPS) is 20.5. The first-order valence-electron chi connectivity index (χ1n) is 17.4. The SMILES string of the molecule is CCCCCCCOP(=O)(N=C1N(C)CCN1C)OCCCOP(=O)(N=C1N(C)CCN1C)OCCCOP(=O)(N=C1N(C)CCN1C)OC. The van der Waals surface area contributed by atoms with Crippen molar-refractivity contribution < 1.29 is 40.8 Å². The first-order chi connectivity index (χ1) is 23.7. The second-order valence-corrected chi connectivity index (χ2v) is 17.7. The van der Waals surface area contributed by atoms with Crippen LogP contribution < -0.4 is 0 Å². The molecule has 3 rings (SSSR count). The molecule has 21 heteroatoms. The van der Waals surface area contributed by atoms with E-state index < -0.39 is 23.2 Å². The smallest absolute Gasteiger partial charge is 0.344 e. The molecular formula is C29H60N9O9P3. The van der Waals surface area contributed by atoms with E-state index >= 15 is 0 Å². The molecule has 290 valence electrons. The van der Waals surface area contributed by atoms with Gasteiger partial charge in [0.15, 0.2) is 0 Å². The van der Waals surface area contributed by atoms with Gasteiger partial charge in [-0.15, -0.1) is 14.3 Å². The maximum absolute atomic E-state index is 13.9.